The molecule has 166 valence electrons. The van der Waals surface area contributed by atoms with Crippen molar-refractivity contribution in [3.05, 3.63) is 53.1 Å². The van der Waals surface area contributed by atoms with E-state index in [0.29, 0.717) is 17.4 Å². The van der Waals surface area contributed by atoms with E-state index in [1.807, 2.05) is 0 Å². The minimum atomic E-state index is -4.46. The number of likely N-dealkylation sites (tertiary alicyclic amines) is 1. The SMILES string of the molecule is CN1CCC(C#Cc2cc3ncnc(Nc4cccc(Cl)c4F)c3cc2N)(C(F)(F)F)C1. The molecule has 1 fully saturated rings. The lowest BCUT2D eigenvalue weighted by Gasteiger charge is -2.25. The van der Waals surface area contributed by atoms with Crippen LogP contribution in [0.25, 0.3) is 10.9 Å². The summed E-state index contributed by atoms with van der Waals surface area (Å²) < 4.78 is 55.5. The fourth-order valence-corrected chi connectivity index (χ4v) is 3.82. The molecule has 1 aliphatic rings. The van der Waals surface area contributed by atoms with Gasteiger partial charge in [0.2, 0.25) is 0 Å². The number of rotatable bonds is 2. The van der Waals surface area contributed by atoms with Gasteiger partial charge in [0.15, 0.2) is 5.82 Å². The van der Waals surface area contributed by atoms with Crippen LogP contribution in [0.1, 0.15) is 12.0 Å². The van der Waals surface area contributed by atoms with E-state index in [9.17, 15) is 17.6 Å². The monoisotopic (exact) mass is 463 g/mol. The van der Waals surface area contributed by atoms with Crippen molar-refractivity contribution in [1.29, 1.82) is 0 Å². The third kappa shape index (κ3) is 4.04. The summed E-state index contributed by atoms with van der Waals surface area (Å²) in [5.41, 5.74) is 4.89. The van der Waals surface area contributed by atoms with E-state index in [-0.39, 0.29) is 40.7 Å². The van der Waals surface area contributed by atoms with Crippen molar-refractivity contribution >= 4 is 39.7 Å². The van der Waals surface area contributed by atoms with Crippen LogP contribution in [0.2, 0.25) is 5.02 Å². The smallest absolute Gasteiger partial charge is 0.398 e. The molecule has 1 aliphatic heterocycles. The van der Waals surface area contributed by atoms with Crippen molar-refractivity contribution < 1.29 is 17.6 Å². The molecule has 2 aromatic carbocycles. The second-order valence-corrected chi connectivity index (χ2v) is 8.13. The number of nitrogens with zero attached hydrogens (tertiary/aromatic N) is 3. The zero-order chi connectivity index (χ0) is 23.1. The molecular weight excluding hydrogens is 446 g/mol. The second kappa shape index (κ2) is 8.11. The topological polar surface area (TPSA) is 67.1 Å². The van der Waals surface area contributed by atoms with Crippen LogP contribution in [-0.4, -0.2) is 41.2 Å². The van der Waals surface area contributed by atoms with Gasteiger partial charge in [0.1, 0.15) is 17.6 Å². The van der Waals surface area contributed by atoms with Gasteiger partial charge in [0, 0.05) is 23.2 Å². The molecule has 0 bridgehead atoms. The summed E-state index contributed by atoms with van der Waals surface area (Å²) >= 11 is 5.82. The first-order chi connectivity index (χ1) is 15.1. The summed E-state index contributed by atoms with van der Waals surface area (Å²) in [6.45, 7) is 0.113. The Kier molecular flexibility index (Phi) is 5.61. The Hall–Kier alpha value is -3.09. The van der Waals surface area contributed by atoms with Crippen molar-refractivity contribution in [2.45, 2.75) is 12.6 Å². The molecule has 0 spiro atoms. The third-order valence-electron chi connectivity index (χ3n) is 5.45. The van der Waals surface area contributed by atoms with E-state index < -0.39 is 17.4 Å². The van der Waals surface area contributed by atoms with Gasteiger partial charge in [-0.2, -0.15) is 13.2 Å². The lowest BCUT2D eigenvalue weighted by molar-refractivity contribution is -0.197. The summed E-state index contributed by atoms with van der Waals surface area (Å²) in [6, 6.07) is 7.50. The van der Waals surface area contributed by atoms with Crippen LogP contribution in [0.3, 0.4) is 0 Å². The molecule has 3 aromatic rings. The Labute approximate surface area is 186 Å². The first kappa shape index (κ1) is 22.1. The lowest BCUT2D eigenvalue weighted by atomic mass is 9.86. The molecule has 32 heavy (non-hydrogen) atoms. The van der Waals surface area contributed by atoms with Gasteiger partial charge in [-0.1, -0.05) is 29.5 Å². The highest BCUT2D eigenvalue weighted by molar-refractivity contribution is 6.31. The molecule has 0 saturated carbocycles. The molecule has 0 amide bonds. The standard InChI is InChI=1S/C22H18ClF4N5/c1-32-8-7-21(11-32,22(25,26)27)6-5-13-9-18-14(10-16(13)28)20(30-12-29-18)31-17-4-2-3-15(23)19(17)24/h2-4,9-10,12H,7-8,11,28H2,1H3,(H,29,30,31). The molecule has 1 aromatic heterocycles. The number of hydrogen-bond donors (Lipinski definition) is 2. The summed E-state index contributed by atoms with van der Waals surface area (Å²) in [4.78, 5) is 9.89. The van der Waals surface area contributed by atoms with Crippen LogP contribution in [-0.2, 0) is 0 Å². The van der Waals surface area contributed by atoms with Gasteiger partial charge >= 0.3 is 6.18 Å². The quantitative estimate of drug-likeness (QED) is 0.318. The van der Waals surface area contributed by atoms with Gasteiger partial charge in [-0.3, -0.25) is 0 Å². The average molecular weight is 464 g/mol. The zero-order valence-corrected chi connectivity index (χ0v) is 17.7. The summed E-state index contributed by atoms with van der Waals surface area (Å²) in [5.74, 6) is 4.68. The Morgan fingerprint density at radius 1 is 1.25 bits per heavy atom. The fraction of sp³-hybridized carbons (Fsp3) is 0.273. The number of nitrogens with one attached hydrogen (secondary N) is 1. The van der Waals surface area contributed by atoms with Gasteiger partial charge in [-0.15, -0.1) is 0 Å². The number of hydrogen-bond acceptors (Lipinski definition) is 5. The highest BCUT2D eigenvalue weighted by Crippen LogP contribution is 2.44. The molecule has 1 saturated heterocycles. The van der Waals surface area contributed by atoms with E-state index in [1.54, 1.807) is 18.0 Å². The van der Waals surface area contributed by atoms with Crippen LogP contribution < -0.4 is 11.1 Å². The summed E-state index contributed by atoms with van der Waals surface area (Å²) in [6.07, 6.45) is -3.31. The van der Waals surface area contributed by atoms with Gasteiger partial charge in [0.05, 0.1) is 16.2 Å². The van der Waals surface area contributed by atoms with Crippen LogP contribution in [0.5, 0.6) is 0 Å². The number of halogens is 5. The summed E-state index contributed by atoms with van der Waals surface area (Å²) in [7, 11) is 1.63. The second-order valence-electron chi connectivity index (χ2n) is 7.72. The highest BCUT2D eigenvalue weighted by Gasteiger charge is 2.56. The van der Waals surface area contributed by atoms with Gasteiger partial charge in [0.25, 0.3) is 0 Å². The van der Waals surface area contributed by atoms with Crippen molar-refractivity contribution in [2.24, 2.45) is 5.41 Å². The van der Waals surface area contributed by atoms with E-state index in [1.165, 1.54) is 30.6 Å². The van der Waals surface area contributed by atoms with E-state index in [2.05, 4.69) is 27.1 Å². The maximum absolute atomic E-state index is 14.3. The number of nitrogens with two attached hydrogens (primary N) is 1. The number of alkyl halides is 3. The Morgan fingerprint density at radius 3 is 2.72 bits per heavy atom. The fourth-order valence-electron chi connectivity index (χ4n) is 3.65. The predicted molar refractivity (Wildman–Crippen MR) is 116 cm³/mol. The van der Waals surface area contributed by atoms with E-state index in [4.69, 9.17) is 17.3 Å². The van der Waals surface area contributed by atoms with Gasteiger partial charge < -0.3 is 16.0 Å². The predicted octanol–water partition coefficient (Wildman–Crippen LogP) is 4.98. The number of fused-ring (bicyclic) bond motifs is 1. The Bertz CT molecular complexity index is 1250. The Morgan fingerprint density at radius 2 is 2.03 bits per heavy atom. The molecule has 1 atom stereocenters. The summed E-state index contributed by atoms with van der Waals surface area (Å²) in [5, 5.41) is 3.26. The first-order valence-electron chi connectivity index (χ1n) is 9.63. The van der Waals surface area contributed by atoms with E-state index in [0.717, 1.165) is 0 Å². The molecule has 1 unspecified atom stereocenters. The van der Waals surface area contributed by atoms with Gasteiger partial charge in [-0.25, -0.2) is 14.4 Å². The molecule has 3 N–H and O–H groups in total. The molecule has 10 heteroatoms. The molecule has 0 aliphatic carbocycles. The van der Waals surface area contributed by atoms with Crippen molar-refractivity contribution in [1.82, 2.24) is 14.9 Å². The normalized spacial score (nSPS) is 19.1. The number of anilines is 3. The van der Waals surface area contributed by atoms with Crippen LogP contribution in [0, 0.1) is 23.1 Å². The molecule has 5 nitrogen and oxygen atoms in total. The maximum atomic E-state index is 14.3. The van der Waals surface area contributed by atoms with Crippen LogP contribution >= 0.6 is 11.6 Å². The van der Waals surface area contributed by atoms with E-state index >= 15 is 0 Å². The van der Waals surface area contributed by atoms with Crippen molar-refractivity contribution in [2.75, 3.05) is 31.2 Å². The maximum Gasteiger partial charge on any atom is 0.406 e. The molecule has 0 radical (unpaired) electrons. The third-order valence-corrected chi connectivity index (χ3v) is 5.74. The molecule has 2 heterocycles. The number of nitrogen functional groups attached to an aromatic ring is 1. The minimum absolute atomic E-state index is 0.0541. The first-order valence-corrected chi connectivity index (χ1v) is 10.0. The van der Waals surface area contributed by atoms with Crippen molar-refractivity contribution in [3.63, 3.8) is 0 Å². The molecule has 4 rings (SSSR count). The average Bonchev–Trinajstić information content (AvgIpc) is 3.12. The Balaban J connectivity index is 1.73. The lowest BCUT2D eigenvalue weighted by Crippen LogP contribution is -2.39. The zero-order valence-electron chi connectivity index (χ0n) is 16.9. The number of aromatic nitrogens is 2. The molecular formula is C22H18ClF4N5. The largest absolute Gasteiger partial charge is 0.406 e. The number of benzene rings is 2. The highest BCUT2D eigenvalue weighted by atomic mass is 35.5. The minimum Gasteiger partial charge on any atom is -0.398 e. The van der Waals surface area contributed by atoms with Crippen LogP contribution in [0.15, 0.2) is 36.7 Å². The van der Waals surface area contributed by atoms with Gasteiger partial charge in [-0.05, 0) is 44.3 Å². The van der Waals surface area contributed by atoms with Crippen molar-refractivity contribution in [3.8, 4) is 11.8 Å². The van der Waals surface area contributed by atoms with Crippen LogP contribution in [0.4, 0.5) is 34.8 Å².